The summed E-state index contributed by atoms with van der Waals surface area (Å²) in [6.45, 7) is 7.86. The van der Waals surface area contributed by atoms with Crippen LogP contribution in [-0.4, -0.2) is 117 Å². The van der Waals surface area contributed by atoms with Crippen molar-refractivity contribution in [2.75, 3.05) is 66.0 Å². The van der Waals surface area contributed by atoms with E-state index in [9.17, 15) is 9.18 Å². The third kappa shape index (κ3) is 5.20. The van der Waals surface area contributed by atoms with E-state index in [1.54, 1.807) is 5.01 Å². The van der Waals surface area contributed by atoms with E-state index in [4.69, 9.17) is 5.73 Å². The van der Waals surface area contributed by atoms with E-state index >= 15 is 0 Å². The van der Waals surface area contributed by atoms with Gasteiger partial charge in [0.2, 0.25) is 5.91 Å². The molecule has 0 aliphatic carbocycles. The Morgan fingerprint density at radius 1 is 1.06 bits per heavy atom. The van der Waals surface area contributed by atoms with Gasteiger partial charge in [0.25, 0.3) is 0 Å². The van der Waals surface area contributed by atoms with Crippen LogP contribution in [0.5, 0.6) is 0 Å². The lowest BCUT2D eigenvalue weighted by Gasteiger charge is -2.45. The summed E-state index contributed by atoms with van der Waals surface area (Å²) in [5.74, 6) is 0.539. The maximum Gasteiger partial charge on any atom is 0.229 e. The summed E-state index contributed by atoms with van der Waals surface area (Å²) in [4.78, 5) is 18.3. The van der Waals surface area contributed by atoms with Crippen molar-refractivity contribution in [1.82, 2.24) is 41.5 Å². The lowest BCUT2D eigenvalue weighted by molar-refractivity contribution is -0.128. The van der Waals surface area contributed by atoms with Crippen LogP contribution in [0.25, 0.3) is 0 Å². The van der Waals surface area contributed by atoms with Gasteiger partial charge in [-0.25, -0.2) is 14.8 Å². The van der Waals surface area contributed by atoms with Crippen LogP contribution in [0.4, 0.5) is 4.39 Å². The number of halogens is 1. The summed E-state index contributed by atoms with van der Waals surface area (Å²) >= 11 is 0. The standard InChI is InChI=1S/C22H42FN9O/c1-30-6-8-31(9-7-30)18-3-2-14(10-26-18)16-4-5-25-12-17(16)28-22(33)19-20(24)29-32-13-15(23)11-27-21(19)32/h14-21,25-27,29H,2-13,24H2,1H3,(H,28,33). The first kappa shape index (κ1) is 23.8. The molecular weight excluding hydrogens is 425 g/mol. The highest BCUT2D eigenvalue weighted by Gasteiger charge is 2.48. The predicted molar refractivity (Wildman–Crippen MR) is 124 cm³/mol. The molecule has 5 aliphatic rings. The Kier molecular flexibility index (Phi) is 7.48. The number of hydrogen-bond donors (Lipinski definition) is 6. The largest absolute Gasteiger partial charge is 0.351 e. The van der Waals surface area contributed by atoms with E-state index < -0.39 is 18.3 Å². The van der Waals surface area contributed by atoms with Gasteiger partial charge in [-0.1, -0.05) is 0 Å². The van der Waals surface area contributed by atoms with E-state index in [1.807, 2.05) is 0 Å². The van der Waals surface area contributed by atoms with E-state index in [0.29, 0.717) is 18.0 Å². The third-order valence-electron chi connectivity index (χ3n) is 8.50. The minimum absolute atomic E-state index is 0.0370. The molecule has 5 aliphatic heterocycles. The van der Waals surface area contributed by atoms with Crippen molar-refractivity contribution in [3.8, 4) is 0 Å². The summed E-state index contributed by atoms with van der Waals surface area (Å²) in [6, 6.07) is 0.0944. The second kappa shape index (κ2) is 10.4. The van der Waals surface area contributed by atoms with Crippen molar-refractivity contribution in [3.63, 3.8) is 0 Å². The van der Waals surface area contributed by atoms with Crippen LogP contribution in [0, 0.1) is 17.8 Å². The van der Waals surface area contributed by atoms with Gasteiger partial charge in [0.1, 0.15) is 6.17 Å². The Hall–Kier alpha value is -0.920. The van der Waals surface area contributed by atoms with Gasteiger partial charge in [-0.15, -0.1) is 0 Å². The Balaban J connectivity index is 1.16. The first-order chi connectivity index (χ1) is 16.0. The highest BCUT2D eigenvalue weighted by atomic mass is 19.1. The van der Waals surface area contributed by atoms with Gasteiger partial charge in [-0.2, -0.15) is 0 Å². The van der Waals surface area contributed by atoms with Crippen molar-refractivity contribution in [2.45, 2.75) is 50.0 Å². The number of alkyl halides is 1. The molecule has 0 radical (unpaired) electrons. The van der Waals surface area contributed by atoms with Gasteiger partial charge in [0, 0.05) is 51.9 Å². The number of piperazine rings is 1. The fraction of sp³-hybridized carbons (Fsp3) is 0.955. The molecule has 5 saturated heterocycles. The molecule has 0 aromatic rings. The van der Waals surface area contributed by atoms with E-state index in [2.05, 4.69) is 43.5 Å². The number of nitrogens with two attached hydrogens (primary N) is 1. The number of piperidine rings is 2. The Labute approximate surface area is 196 Å². The number of nitrogens with one attached hydrogen (secondary N) is 5. The van der Waals surface area contributed by atoms with Crippen LogP contribution in [0.2, 0.25) is 0 Å². The molecule has 0 spiro atoms. The summed E-state index contributed by atoms with van der Waals surface area (Å²) in [5, 5.41) is 15.5. The highest BCUT2D eigenvalue weighted by Crippen LogP contribution is 2.31. The van der Waals surface area contributed by atoms with Crippen molar-refractivity contribution in [3.05, 3.63) is 0 Å². The molecule has 0 saturated carbocycles. The number of amides is 1. The summed E-state index contributed by atoms with van der Waals surface area (Å²) in [5.41, 5.74) is 9.34. The maximum atomic E-state index is 13.8. The minimum Gasteiger partial charge on any atom is -0.351 e. The molecule has 5 fully saturated rings. The second-order valence-electron chi connectivity index (χ2n) is 10.7. The Morgan fingerprint density at radius 3 is 2.64 bits per heavy atom. The zero-order chi connectivity index (χ0) is 22.9. The van der Waals surface area contributed by atoms with E-state index in [-0.39, 0.29) is 31.2 Å². The molecule has 1 amide bonds. The van der Waals surface area contributed by atoms with Crippen molar-refractivity contribution < 1.29 is 9.18 Å². The predicted octanol–water partition coefficient (Wildman–Crippen LogP) is -2.36. The fourth-order valence-corrected chi connectivity index (χ4v) is 6.53. The average molecular weight is 468 g/mol. The van der Waals surface area contributed by atoms with Gasteiger partial charge >= 0.3 is 0 Å². The topological polar surface area (TPSA) is 113 Å². The normalized spacial score (nSPS) is 43.8. The Morgan fingerprint density at radius 2 is 1.88 bits per heavy atom. The van der Waals surface area contributed by atoms with Crippen LogP contribution in [-0.2, 0) is 4.79 Å². The number of rotatable bonds is 4. The average Bonchev–Trinajstić information content (AvgIpc) is 3.15. The molecule has 0 aromatic carbocycles. The fourth-order valence-electron chi connectivity index (χ4n) is 6.53. The molecule has 8 atom stereocenters. The van der Waals surface area contributed by atoms with Gasteiger partial charge < -0.3 is 26.6 Å². The van der Waals surface area contributed by atoms with Crippen LogP contribution in [0.3, 0.4) is 0 Å². The second-order valence-corrected chi connectivity index (χ2v) is 10.7. The number of fused-ring (bicyclic) bond motifs is 1. The number of carbonyl (C=O) groups excluding carboxylic acids is 1. The van der Waals surface area contributed by atoms with Crippen LogP contribution in [0.1, 0.15) is 19.3 Å². The summed E-state index contributed by atoms with van der Waals surface area (Å²) in [6.07, 6.45) is 2.19. The van der Waals surface area contributed by atoms with Gasteiger partial charge in [-0.05, 0) is 51.2 Å². The third-order valence-corrected chi connectivity index (χ3v) is 8.50. The van der Waals surface area contributed by atoms with Crippen molar-refractivity contribution in [2.24, 2.45) is 23.5 Å². The molecule has 7 N–H and O–H groups in total. The van der Waals surface area contributed by atoms with Crippen LogP contribution >= 0.6 is 0 Å². The minimum atomic E-state index is -0.955. The van der Waals surface area contributed by atoms with Gasteiger partial charge in [0.15, 0.2) is 0 Å². The maximum absolute atomic E-state index is 13.8. The first-order valence-corrected chi connectivity index (χ1v) is 12.8. The van der Waals surface area contributed by atoms with Crippen molar-refractivity contribution in [1.29, 1.82) is 0 Å². The molecule has 0 aromatic heterocycles. The SMILES string of the molecule is CN1CCN(C2CCC(C3CCNCC3NC(=O)C3C(N)NN4CC(F)CNC34)CN2)CC1. The summed E-state index contributed by atoms with van der Waals surface area (Å²) in [7, 11) is 2.20. The quantitative estimate of drug-likeness (QED) is 0.270. The van der Waals surface area contributed by atoms with E-state index in [0.717, 1.165) is 52.2 Å². The molecule has 0 bridgehead atoms. The molecule has 11 heteroatoms. The number of nitrogens with zero attached hydrogens (tertiary/aromatic N) is 3. The zero-order valence-corrected chi connectivity index (χ0v) is 19.8. The van der Waals surface area contributed by atoms with Gasteiger partial charge in [-0.3, -0.25) is 15.0 Å². The molecular formula is C22H42FN9O. The molecule has 10 nitrogen and oxygen atoms in total. The lowest BCUT2D eigenvalue weighted by Crippen LogP contribution is -2.62. The summed E-state index contributed by atoms with van der Waals surface area (Å²) < 4.78 is 13.8. The van der Waals surface area contributed by atoms with E-state index in [1.165, 1.54) is 12.8 Å². The first-order valence-electron chi connectivity index (χ1n) is 12.8. The molecule has 188 valence electrons. The molecule has 8 unspecified atom stereocenters. The smallest absolute Gasteiger partial charge is 0.229 e. The van der Waals surface area contributed by atoms with Crippen LogP contribution in [0.15, 0.2) is 0 Å². The number of carbonyl (C=O) groups is 1. The zero-order valence-electron chi connectivity index (χ0n) is 19.8. The lowest BCUT2D eigenvalue weighted by atomic mass is 9.77. The van der Waals surface area contributed by atoms with Gasteiger partial charge in [0.05, 0.1) is 24.4 Å². The molecule has 5 heterocycles. The molecule has 5 rings (SSSR count). The number of likely N-dealkylation sites (N-methyl/N-ethyl adjacent to an activating group) is 1. The Bertz CT molecular complexity index is 670. The molecule has 33 heavy (non-hydrogen) atoms. The highest BCUT2D eigenvalue weighted by molar-refractivity contribution is 5.80. The number of hydrogen-bond acceptors (Lipinski definition) is 9. The monoisotopic (exact) mass is 467 g/mol. The van der Waals surface area contributed by atoms with Crippen molar-refractivity contribution >= 4 is 5.91 Å². The van der Waals surface area contributed by atoms with Crippen LogP contribution < -0.4 is 32.4 Å². The number of hydrazine groups is 1.